The van der Waals surface area contributed by atoms with Gasteiger partial charge in [-0.05, 0) is 119 Å². The fourth-order valence-corrected chi connectivity index (χ4v) is 7.19. The van der Waals surface area contributed by atoms with Crippen molar-refractivity contribution >= 4 is 52.3 Å². The normalized spacial score (nSPS) is 27.9. The molecule has 46 heavy (non-hydrogen) atoms. The summed E-state index contributed by atoms with van der Waals surface area (Å²) in [6, 6.07) is 0.822. The molecule has 0 saturated heterocycles. The van der Waals surface area contributed by atoms with Crippen molar-refractivity contribution in [2.45, 2.75) is 146 Å². The highest BCUT2D eigenvalue weighted by Gasteiger charge is 2.31. The van der Waals surface area contributed by atoms with Crippen molar-refractivity contribution in [2.24, 2.45) is 23.5 Å². The second-order valence-corrected chi connectivity index (χ2v) is 18.3. The van der Waals surface area contributed by atoms with Gasteiger partial charge in [-0.1, -0.05) is 0 Å². The van der Waals surface area contributed by atoms with E-state index in [0.717, 1.165) is 77.0 Å². The first-order valence-electron chi connectivity index (χ1n) is 16.3. The molecule has 14 heteroatoms. The molecule has 3 aliphatic carbocycles. The standard InChI is InChI=1S/2C12H23NO3S.C8H15NO2.ClH/c2*1-12(2,3)17(15)13-10-7-5-9(6-8-10)11(14)16-4;1-11-8(10)6-2-4-7(9)5-3-6;/h2*9-10,13H,5-8H2,1-4H3;6-7H,2-5,9H2,1H3;1H. The molecule has 0 aromatic rings. The summed E-state index contributed by atoms with van der Waals surface area (Å²) in [5.41, 5.74) is 5.69. The third-order valence-corrected chi connectivity index (χ3v) is 11.8. The molecule has 0 aliphatic heterocycles. The van der Waals surface area contributed by atoms with Crippen LogP contribution >= 0.6 is 12.4 Å². The minimum Gasteiger partial charge on any atom is -0.469 e. The Balaban J connectivity index is 0.000000669. The SMILES string of the molecule is COC(=O)C1CCC(N)CC1.COC(=O)C1CCC(NS(=O)C(C)(C)C)CC1.COC(=O)C1CCC(NS(=O)C(C)(C)C)CC1.Cl. The number of carbonyl (C=O) groups excluding carboxylic acids is 3. The van der Waals surface area contributed by atoms with Gasteiger partial charge in [0.25, 0.3) is 0 Å². The van der Waals surface area contributed by atoms with Gasteiger partial charge in [0.05, 0.1) is 70.5 Å². The van der Waals surface area contributed by atoms with Crippen LogP contribution in [0, 0.1) is 17.8 Å². The lowest BCUT2D eigenvalue weighted by Gasteiger charge is -2.29. The predicted octanol–water partition coefficient (Wildman–Crippen LogP) is 4.64. The van der Waals surface area contributed by atoms with Crippen LogP contribution in [0.4, 0.5) is 0 Å². The van der Waals surface area contributed by atoms with E-state index in [0.29, 0.717) is 6.04 Å². The Labute approximate surface area is 288 Å². The van der Waals surface area contributed by atoms with Crippen molar-refractivity contribution < 1.29 is 37.0 Å². The maximum absolute atomic E-state index is 11.9. The molecule has 0 heterocycles. The van der Waals surface area contributed by atoms with Crippen molar-refractivity contribution in [3.63, 3.8) is 0 Å². The van der Waals surface area contributed by atoms with Crippen LogP contribution in [0.1, 0.15) is 119 Å². The Morgan fingerprint density at radius 3 is 1.00 bits per heavy atom. The van der Waals surface area contributed by atoms with E-state index in [9.17, 15) is 22.8 Å². The molecule has 3 fully saturated rings. The number of hydrogen-bond donors (Lipinski definition) is 3. The van der Waals surface area contributed by atoms with Gasteiger partial charge in [-0.25, -0.2) is 17.9 Å². The number of methoxy groups -OCH3 is 3. The molecule has 2 atom stereocenters. The van der Waals surface area contributed by atoms with E-state index in [1.54, 1.807) is 0 Å². The number of rotatable bonds is 7. The van der Waals surface area contributed by atoms with Gasteiger partial charge < -0.3 is 19.9 Å². The first kappa shape index (κ1) is 44.9. The molecule has 2 unspecified atom stereocenters. The number of hydrogen-bond acceptors (Lipinski definition) is 9. The third kappa shape index (κ3) is 16.8. The quantitative estimate of drug-likeness (QED) is 0.252. The van der Waals surface area contributed by atoms with E-state index in [4.69, 9.17) is 15.2 Å². The maximum atomic E-state index is 11.9. The summed E-state index contributed by atoms with van der Waals surface area (Å²) in [4.78, 5) is 33.7. The van der Waals surface area contributed by atoms with Crippen LogP contribution in [-0.4, -0.2) is 75.3 Å². The summed E-state index contributed by atoms with van der Waals surface area (Å²) in [5.74, 6) is -0.125. The molecular weight excluding hydrogens is 654 g/mol. The summed E-state index contributed by atoms with van der Waals surface area (Å²) in [5, 5.41) is 0. The van der Waals surface area contributed by atoms with E-state index < -0.39 is 22.0 Å². The minimum absolute atomic E-state index is 0. The number of esters is 3. The number of ether oxygens (including phenoxy) is 3. The molecule has 3 rings (SSSR count). The van der Waals surface area contributed by atoms with Crippen molar-refractivity contribution in [1.82, 2.24) is 9.44 Å². The molecule has 3 saturated carbocycles. The highest BCUT2D eigenvalue weighted by Crippen LogP contribution is 2.27. The molecular formula is C32H62ClN3O8S2. The lowest BCUT2D eigenvalue weighted by Crippen LogP contribution is -2.42. The van der Waals surface area contributed by atoms with Crippen LogP contribution in [-0.2, 0) is 50.6 Å². The van der Waals surface area contributed by atoms with Crippen LogP contribution in [0.5, 0.6) is 0 Å². The first-order chi connectivity index (χ1) is 20.9. The monoisotopic (exact) mass is 715 g/mol. The van der Waals surface area contributed by atoms with Crippen molar-refractivity contribution in [3.8, 4) is 0 Å². The first-order valence-corrected chi connectivity index (χ1v) is 18.6. The second kappa shape index (κ2) is 21.8. The van der Waals surface area contributed by atoms with Gasteiger partial charge in [-0.3, -0.25) is 14.4 Å². The fraction of sp³-hybridized carbons (Fsp3) is 0.906. The van der Waals surface area contributed by atoms with Crippen LogP contribution < -0.4 is 15.2 Å². The second-order valence-electron chi connectivity index (χ2n) is 14.3. The molecule has 4 N–H and O–H groups in total. The van der Waals surface area contributed by atoms with Crippen LogP contribution in [0.25, 0.3) is 0 Å². The average Bonchev–Trinajstić information content (AvgIpc) is 3.00. The summed E-state index contributed by atoms with van der Waals surface area (Å²) >= 11 is 0. The predicted molar refractivity (Wildman–Crippen MR) is 187 cm³/mol. The Morgan fingerprint density at radius 1 is 0.543 bits per heavy atom. The van der Waals surface area contributed by atoms with E-state index in [2.05, 4.69) is 14.2 Å². The number of halogens is 1. The number of nitrogens with two attached hydrogens (primary N) is 1. The van der Waals surface area contributed by atoms with E-state index in [-0.39, 0.29) is 69.6 Å². The van der Waals surface area contributed by atoms with Gasteiger partial charge in [-0.15, -0.1) is 12.4 Å². The lowest BCUT2D eigenvalue weighted by molar-refractivity contribution is -0.147. The summed E-state index contributed by atoms with van der Waals surface area (Å²) in [6.45, 7) is 11.7. The van der Waals surface area contributed by atoms with Gasteiger partial charge in [0, 0.05) is 18.1 Å². The van der Waals surface area contributed by atoms with Crippen LogP contribution in [0.15, 0.2) is 0 Å². The molecule has 0 spiro atoms. The van der Waals surface area contributed by atoms with Crippen molar-refractivity contribution in [2.75, 3.05) is 21.3 Å². The molecule has 0 aromatic heterocycles. The number of nitrogens with one attached hydrogen (secondary N) is 2. The van der Waals surface area contributed by atoms with E-state index in [1.807, 2.05) is 41.5 Å². The van der Waals surface area contributed by atoms with Crippen molar-refractivity contribution in [3.05, 3.63) is 0 Å². The molecule has 3 aliphatic rings. The highest BCUT2D eigenvalue weighted by molar-refractivity contribution is 7.84. The Kier molecular flexibility index (Phi) is 21.2. The zero-order chi connectivity index (χ0) is 34.4. The van der Waals surface area contributed by atoms with Gasteiger partial charge >= 0.3 is 17.9 Å². The lowest BCUT2D eigenvalue weighted by atomic mass is 9.86. The minimum atomic E-state index is -1.02. The number of carbonyl (C=O) groups is 3. The fourth-order valence-electron chi connectivity index (χ4n) is 5.41. The van der Waals surface area contributed by atoms with Crippen molar-refractivity contribution in [1.29, 1.82) is 0 Å². The topological polar surface area (TPSA) is 163 Å². The van der Waals surface area contributed by atoms with Crippen LogP contribution in [0.2, 0.25) is 0 Å². The molecule has 0 aromatic carbocycles. The van der Waals surface area contributed by atoms with Gasteiger partial charge in [0.1, 0.15) is 0 Å². The Bertz CT molecular complexity index is 905. The summed E-state index contributed by atoms with van der Waals surface area (Å²) in [7, 11) is 2.26. The molecule has 0 amide bonds. The molecule has 11 nitrogen and oxygen atoms in total. The molecule has 272 valence electrons. The van der Waals surface area contributed by atoms with E-state index >= 15 is 0 Å². The average molecular weight is 716 g/mol. The maximum Gasteiger partial charge on any atom is 0.308 e. The molecule has 0 radical (unpaired) electrons. The van der Waals surface area contributed by atoms with E-state index in [1.165, 1.54) is 21.3 Å². The summed E-state index contributed by atoms with van der Waals surface area (Å²) < 4.78 is 43.8. The largest absolute Gasteiger partial charge is 0.469 e. The van der Waals surface area contributed by atoms with Crippen LogP contribution in [0.3, 0.4) is 0 Å². The summed E-state index contributed by atoms with van der Waals surface area (Å²) in [6.07, 6.45) is 10.6. The molecule has 0 bridgehead atoms. The Hall–Kier alpha value is -1.12. The smallest absolute Gasteiger partial charge is 0.308 e. The zero-order valence-electron chi connectivity index (χ0n) is 29.5. The van der Waals surface area contributed by atoms with Gasteiger partial charge in [0.2, 0.25) is 0 Å². The van der Waals surface area contributed by atoms with Gasteiger partial charge in [-0.2, -0.15) is 0 Å². The van der Waals surface area contributed by atoms with Gasteiger partial charge in [0.15, 0.2) is 0 Å². The zero-order valence-corrected chi connectivity index (χ0v) is 32.0. The highest BCUT2D eigenvalue weighted by atomic mass is 35.5. The third-order valence-electron chi connectivity index (χ3n) is 8.49. The Morgan fingerprint density at radius 2 is 0.783 bits per heavy atom.